The van der Waals surface area contributed by atoms with Crippen molar-refractivity contribution in [1.82, 2.24) is 15.2 Å². The van der Waals surface area contributed by atoms with Crippen LogP contribution >= 0.6 is 0 Å². The Morgan fingerprint density at radius 1 is 0.971 bits per heavy atom. The van der Waals surface area contributed by atoms with E-state index < -0.39 is 15.4 Å². The van der Waals surface area contributed by atoms with Crippen LogP contribution in [0.4, 0.5) is 5.69 Å². The molecule has 35 heavy (non-hydrogen) atoms. The van der Waals surface area contributed by atoms with Gasteiger partial charge in [0.2, 0.25) is 10.0 Å². The van der Waals surface area contributed by atoms with Crippen LogP contribution in [0.3, 0.4) is 0 Å². The highest BCUT2D eigenvalue weighted by molar-refractivity contribution is 7.92. The number of aromatic amines is 1. The molecule has 5 aromatic rings. The van der Waals surface area contributed by atoms with Crippen molar-refractivity contribution >= 4 is 37.5 Å². The van der Waals surface area contributed by atoms with Gasteiger partial charge in [-0.2, -0.15) is 10.4 Å². The fourth-order valence-corrected chi connectivity index (χ4v) is 4.73. The lowest BCUT2D eigenvalue weighted by Gasteiger charge is -2.15. The van der Waals surface area contributed by atoms with Crippen LogP contribution in [0.2, 0.25) is 0 Å². The summed E-state index contributed by atoms with van der Waals surface area (Å²) in [6.07, 6.45) is 2.91. The summed E-state index contributed by atoms with van der Waals surface area (Å²) in [4.78, 5) is 4.58. The number of nitriles is 1. The van der Waals surface area contributed by atoms with Crippen molar-refractivity contribution in [3.63, 3.8) is 0 Å². The monoisotopic (exact) mass is 481 g/mol. The van der Waals surface area contributed by atoms with E-state index in [1.807, 2.05) is 68.4 Å². The minimum absolute atomic E-state index is 0.505. The van der Waals surface area contributed by atoms with Gasteiger partial charge in [-0.15, -0.1) is 0 Å². The molecule has 0 spiro atoms. The number of sulfonamides is 1. The predicted molar refractivity (Wildman–Crippen MR) is 139 cm³/mol. The van der Waals surface area contributed by atoms with E-state index in [0.717, 1.165) is 56.0 Å². The number of fused-ring (bicyclic) bond motifs is 3. The molecule has 2 N–H and O–H groups in total. The number of pyridine rings is 1. The van der Waals surface area contributed by atoms with Gasteiger partial charge >= 0.3 is 0 Å². The maximum atomic E-state index is 11.7. The predicted octanol–water partition coefficient (Wildman–Crippen LogP) is 5.62. The molecule has 0 fully saturated rings. The van der Waals surface area contributed by atoms with E-state index in [-0.39, 0.29) is 0 Å². The minimum atomic E-state index is -3.37. The summed E-state index contributed by atoms with van der Waals surface area (Å²) in [6.45, 7) is 3.79. The maximum Gasteiger partial charge on any atom is 0.229 e. The van der Waals surface area contributed by atoms with Crippen molar-refractivity contribution in [3.05, 3.63) is 78.5 Å². The highest BCUT2D eigenvalue weighted by Crippen LogP contribution is 2.35. The molecule has 174 valence electrons. The van der Waals surface area contributed by atoms with Gasteiger partial charge in [0, 0.05) is 22.0 Å². The van der Waals surface area contributed by atoms with Gasteiger partial charge < -0.3 is 0 Å². The third kappa shape index (κ3) is 4.34. The van der Waals surface area contributed by atoms with Crippen LogP contribution in [0, 0.1) is 11.3 Å². The quantitative estimate of drug-likeness (QED) is 0.338. The van der Waals surface area contributed by atoms with Crippen LogP contribution < -0.4 is 4.72 Å². The van der Waals surface area contributed by atoms with E-state index in [4.69, 9.17) is 0 Å². The Hall–Kier alpha value is -4.22. The number of rotatable bonds is 5. The number of nitrogens with zero attached hydrogens (tertiary/aromatic N) is 3. The van der Waals surface area contributed by atoms with Crippen molar-refractivity contribution in [2.24, 2.45) is 0 Å². The van der Waals surface area contributed by atoms with E-state index in [2.05, 4.69) is 32.0 Å². The fourth-order valence-electron chi connectivity index (χ4n) is 4.18. The molecule has 0 aliphatic heterocycles. The van der Waals surface area contributed by atoms with Crippen LogP contribution in [-0.4, -0.2) is 29.9 Å². The molecular formula is C27H23N5O2S. The molecule has 3 aromatic carbocycles. The minimum Gasteiger partial charge on any atom is -0.284 e. The summed E-state index contributed by atoms with van der Waals surface area (Å²) in [7, 11) is -3.37. The van der Waals surface area contributed by atoms with Crippen LogP contribution in [-0.2, 0) is 15.4 Å². The van der Waals surface area contributed by atoms with Gasteiger partial charge in [-0.05, 0) is 54.8 Å². The summed E-state index contributed by atoms with van der Waals surface area (Å²) >= 11 is 0. The second-order valence-corrected chi connectivity index (χ2v) is 10.9. The molecule has 2 aromatic heterocycles. The first-order valence-electron chi connectivity index (χ1n) is 11.0. The zero-order valence-electron chi connectivity index (χ0n) is 19.5. The topological polar surface area (TPSA) is 112 Å². The number of benzene rings is 3. The highest BCUT2D eigenvalue weighted by atomic mass is 32.2. The number of nitrogens with one attached hydrogen (secondary N) is 2. The van der Waals surface area contributed by atoms with Gasteiger partial charge in [-0.25, -0.2) is 8.42 Å². The van der Waals surface area contributed by atoms with Crippen LogP contribution in [0.25, 0.3) is 44.2 Å². The number of hydrogen-bond acceptors (Lipinski definition) is 5. The van der Waals surface area contributed by atoms with Gasteiger partial charge in [0.15, 0.2) is 0 Å². The summed E-state index contributed by atoms with van der Waals surface area (Å²) in [5.41, 5.74) is 6.08. The summed E-state index contributed by atoms with van der Waals surface area (Å²) in [5.74, 6) is 0. The third-order valence-corrected chi connectivity index (χ3v) is 6.66. The van der Waals surface area contributed by atoms with Crippen molar-refractivity contribution in [2.75, 3.05) is 11.0 Å². The first kappa shape index (κ1) is 22.6. The summed E-state index contributed by atoms with van der Waals surface area (Å²) in [5, 5.41) is 19.0. The van der Waals surface area contributed by atoms with Gasteiger partial charge in [0.25, 0.3) is 0 Å². The average Bonchev–Trinajstić information content (AvgIpc) is 3.28. The molecule has 0 saturated heterocycles. The van der Waals surface area contributed by atoms with E-state index in [1.54, 1.807) is 12.3 Å². The molecule has 0 amide bonds. The molecule has 0 unspecified atom stereocenters. The molecule has 8 heteroatoms. The average molecular weight is 482 g/mol. The van der Waals surface area contributed by atoms with Crippen molar-refractivity contribution in [2.45, 2.75) is 19.3 Å². The van der Waals surface area contributed by atoms with E-state index in [1.165, 1.54) is 0 Å². The first-order valence-corrected chi connectivity index (χ1v) is 12.9. The van der Waals surface area contributed by atoms with Crippen molar-refractivity contribution in [3.8, 4) is 28.5 Å². The molecular weight excluding hydrogens is 458 g/mol. The second kappa shape index (κ2) is 8.22. The van der Waals surface area contributed by atoms with Gasteiger partial charge in [0.05, 0.1) is 35.0 Å². The van der Waals surface area contributed by atoms with Gasteiger partial charge in [-0.3, -0.25) is 14.8 Å². The van der Waals surface area contributed by atoms with Gasteiger partial charge in [-0.1, -0.05) is 42.5 Å². The number of anilines is 1. The molecule has 0 aliphatic rings. The van der Waals surface area contributed by atoms with Crippen LogP contribution in [0.1, 0.15) is 19.4 Å². The summed E-state index contributed by atoms with van der Waals surface area (Å²) < 4.78 is 25.8. The Kier molecular flexibility index (Phi) is 5.30. The Bertz CT molecular complexity index is 1730. The maximum absolute atomic E-state index is 11.7. The zero-order chi connectivity index (χ0) is 24.8. The Morgan fingerprint density at radius 2 is 1.69 bits per heavy atom. The highest BCUT2D eigenvalue weighted by Gasteiger charge is 2.20. The van der Waals surface area contributed by atoms with E-state index >= 15 is 0 Å². The normalized spacial score (nSPS) is 12.1. The number of H-pyrrole nitrogens is 1. The van der Waals surface area contributed by atoms with E-state index in [9.17, 15) is 13.7 Å². The second-order valence-electron chi connectivity index (χ2n) is 9.12. The van der Waals surface area contributed by atoms with E-state index in [0.29, 0.717) is 5.69 Å². The first-order chi connectivity index (χ1) is 16.6. The van der Waals surface area contributed by atoms with Crippen LogP contribution in [0.5, 0.6) is 0 Å². The SMILES string of the molecule is CC(C)(C#N)c1ccc(-c2n[nH]c3cnc4ccc(-c5cccc(NS(C)(=O)=O)c5)cc4c23)cc1. The van der Waals surface area contributed by atoms with Gasteiger partial charge in [0.1, 0.15) is 5.69 Å². The Labute approximate surface area is 203 Å². The Balaban J connectivity index is 1.64. The number of aromatic nitrogens is 3. The molecule has 7 nitrogen and oxygen atoms in total. The molecule has 5 rings (SSSR count). The van der Waals surface area contributed by atoms with Crippen molar-refractivity contribution < 1.29 is 8.42 Å². The lowest BCUT2D eigenvalue weighted by atomic mass is 9.86. The number of hydrogen-bond donors (Lipinski definition) is 2. The lowest BCUT2D eigenvalue weighted by molar-refractivity contribution is 0.607. The lowest BCUT2D eigenvalue weighted by Crippen LogP contribution is -2.13. The fraction of sp³-hybridized carbons (Fsp3) is 0.148. The molecule has 0 saturated carbocycles. The third-order valence-electron chi connectivity index (χ3n) is 6.05. The molecule has 0 aliphatic carbocycles. The van der Waals surface area contributed by atoms with Crippen LogP contribution in [0.15, 0.2) is 72.9 Å². The molecule has 0 radical (unpaired) electrons. The molecule has 0 atom stereocenters. The summed E-state index contributed by atoms with van der Waals surface area (Å²) in [6, 6.07) is 23.5. The Morgan fingerprint density at radius 3 is 2.40 bits per heavy atom. The standard InChI is InChI=1S/C27H23N5O2S/c1-27(2,16-28)20-10-7-17(8-11-20)26-25-22-14-19(9-12-23(22)29-15-24(25)30-31-26)18-5-4-6-21(13-18)32-35(3,33)34/h4-15,32H,1-3H3,(H,30,31). The molecule has 0 bridgehead atoms. The molecule has 2 heterocycles. The zero-order valence-corrected chi connectivity index (χ0v) is 20.3. The van der Waals surface area contributed by atoms with Crippen molar-refractivity contribution in [1.29, 1.82) is 5.26 Å². The smallest absolute Gasteiger partial charge is 0.229 e. The largest absolute Gasteiger partial charge is 0.284 e.